The summed E-state index contributed by atoms with van der Waals surface area (Å²) in [5, 5.41) is 0. The lowest BCUT2D eigenvalue weighted by molar-refractivity contribution is -0.0125. The van der Waals surface area contributed by atoms with Gasteiger partial charge in [-0.3, -0.25) is 9.80 Å². The van der Waals surface area contributed by atoms with Gasteiger partial charge in [0, 0.05) is 57.9 Å². The zero-order chi connectivity index (χ0) is 15.0. The Labute approximate surface area is 131 Å². The summed E-state index contributed by atoms with van der Waals surface area (Å²) in [5.41, 5.74) is 0.710. The van der Waals surface area contributed by atoms with Crippen LogP contribution in [0.25, 0.3) is 0 Å². The lowest BCUT2D eigenvalue weighted by Crippen LogP contribution is -2.64. The molecule has 3 rings (SSSR count). The molecule has 3 nitrogen and oxygen atoms in total. The quantitative estimate of drug-likeness (QED) is 0.745. The summed E-state index contributed by atoms with van der Waals surface area (Å²) in [6, 6.07) is 1.58. The average Bonchev–Trinajstić information content (AvgIpc) is 3.07. The van der Waals surface area contributed by atoms with E-state index >= 15 is 0 Å². The molecule has 0 N–H and O–H groups in total. The van der Waals surface area contributed by atoms with Crippen LogP contribution in [0, 0.1) is 11.3 Å². The van der Waals surface area contributed by atoms with Gasteiger partial charge in [0.15, 0.2) is 0 Å². The number of piperazine rings is 1. The zero-order valence-electron chi connectivity index (χ0n) is 14.6. The van der Waals surface area contributed by atoms with Crippen LogP contribution in [0.3, 0.4) is 0 Å². The molecule has 0 aromatic rings. The first-order valence-electron chi connectivity index (χ1n) is 9.18. The summed E-state index contributed by atoms with van der Waals surface area (Å²) in [6.07, 6.45) is 4.41. The van der Waals surface area contributed by atoms with Gasteiger partial charge in [-0.1, -0.05) is 13.8 Å². The highest BCUT2D eigenvalue weighted by atomic mass is 15.4. The van der Waals surface area contributed by atoms with Crippen molar-refractivity contribution in [3.05, 3.63) is 0 Å². The Morgan fingerprint density at radius 3 is 2.05 bits per heavy atom. The zero-order valence-corrected chi connectivity index (χ0v) is 14.6. The summed E-state index contributed by atoms with van der Waals surface area (Å²) < 4.78 is 0. The smallest absolute Gasteiger partial charge is 0.0351 e. The second kappa shape index (κ2) is 6.17. The highest BCUT2D eigenvalue weighted by molar-refractivity contribution is 4.97. The average molecular weight is 293 g/mol. The first-order valence-corrected chi connectivity index (χ1v) is 9.18. The minimum absolute atomic E-state index is 0.710. The van der Waals surface area contributed by atoms with Gasteiger partial charge in [0.2, 0.25) is 0 Å². The maximum Gasteiger partial charge on any atom is 0.0351 e. The second-order valence-corrected chi connectivity index (χ2v) is 8.61. The molecule has 3 heteroatoms. The fourth-order valence-electron chi connectivity index (χ4n) is 4.37. The Kier molecular flexibility index (Phi) is 4.63. The van der Waals surface area contributed by atoms with Gasteiger partial charge in [-0.25, -0.2) is 0 Å². The Morgan fingerprint density at radius 1 is 0.952 bits per heavy atom. The van der Waals surface area contributed by atoms with E-state index in [-0.39, 0.29) is 0 Å². The van der Waals surface area contributed by atoms with E-state index in [0.29, 0.717) is 5.41 Å². The minimum Gasteiger partial charge on any atom is -0.300 e. The Bertz CT molecular complexity index is 334. The highest BCUT2D eigenvalue weighted by Gasteiger charge is 2.44. The molecule has 1 aliphatic carbocycles. The molecular weight excluding hydrogens is 258 g/mol. The summed E-state index contributed by atoms with van der Waals surface area (Å²) >= 11 is 0. The van der Waals surface area contributed by atoms with E-state index in [2.05, 4.69) is 42.4 Å². The minimum atomic E-state index is 0.710. The number of hydrogen-bond acceptors (Lipinski definition) is 3. The molecule has 21 heavy (non-hydrogen) atoms. The maximum absolute atomic E-state index is 2.75. The van der Waals surface area contributed by atoms with E-state index < -0.39 is 0 Å². The monoisotopic (exact) mass is 293 g/mol. The van der Waals surface area contributed by atoms with E-state index in [0.717, 1.165) is 18.0 Å². The highest BCUT2D eigenvalue weighted by Crippen LogP contribution is 2.51. The lowest BCUT2D eigenvalue weighted by atomic mass is 9.93. The summed E-state index contributed by atoms with van der Waals surface area (Å²) in [5.74, 6) is 0.866. The molecule has 0 spiro atoms. The molecule has 2 saturated heterocycles. The predicted molar refractivity (Wildman–Crippen MR) is 89.6 cm³/mol. The molecule has 0 bridgehead atoms. The van der Waals surface area contributed by atoms with Gasteiger partial charge in [-0.2, -0.15) is 0 Å². The van der Waals surface area contributed by atoms with Crippen molar-refractivity contribution in [1.82, 2.24) is 14.7 Å². The van der Waals surface area contributed by atoms with E-state index in [4.69, 9.17) is 0 Å². The van der Waals surface area contributed by atoms with Gasteiger partial charge in [-0.15, -0.1) is 0 Å². The lowest BCUT2D eigenvalue weighted by Gasteiger charge is -2.50. The third-order valence-corrected chi connectivity index (χ3v) is 5.90. The van der Waals surface area contributed by atoms with E-state index in [1.807, 2.05) is 0 Å². The Morgan fingerprint density at radius 2 is 1.57 bits per heavy atom. The van der Waals surface area contributed by atoms with Gasteiger partial charge < -0.3 is 4.90 Å². The summed E-state index contributed by atoms with van der Waals surface area (Å²) in [7, 11) is 0. The van der Waals surface area contributed by atoms with Crippen molar-refractivity contribution in [3.63, 3.8) is 0 Å². The van der Waals surface area contributed by atoms with Gasteiger partial charge in [0.25, 0.3) is 0 Å². The van der Waals surface area contributed by atoms with Crippen LogP contribution in [-0.4, -0.2) is 72.6 Å². The van der Waals surface area contributed by atoms with E-state index in [9.17, 15) is 0 Å². The third-order valence-electron chi connectivity index (χ3n) is 5.90. The maximum atomic E-state index is 2.75. The second-order valence-electron chi connectivity index (χ2n) is 8.61. The topological polar surface area (TPSA) is 9.72 Å². The molecular formula is C18H35N3. The van der Waals surface area contributed by atoms with Crippen molar-refractivity contribution >= 4 is 0 Å². The molecule has 2 heterocycles. The first-order chi connectivity index (χ1) is 9.97. The van der Waals surface area contributed by atoms with E-state index in [1.165, 1.54) is 65.1 Å². The Balaban J connectivity index is 1.38. The van der Waals surface area contributed by atoms with Gasteiger partial charge in [0.05, 0.1) is 0 Å². The number of hydrogen-bond donors (Lipinski definition) is 0. The molecule has 3 aliphatic rings. The predicted octanol–water partition coefficient (Wildman–Crippen LogP) is 2.52. The number of rotatable bonds is 6. The van der Waals surface area contributed by atoms with Gasteiger partial charge in [-0.05, 0) is 44.4 Å². The van der Waals surface area contributed by atoms with Crippen LogP contribution in [0.1, 0.15) is 47.0 Å². The van der Waals surface area contributed by atoms with Gasteiger partial charge >= 0.3 is 0 Å². The van der Waals surface area contributed by atoms with Crippen molar-refractivity contribution in [2.45, 2.75) is 59.0 Å². The van der Waals surface area contributed by atoms with Crippen LogP contribution in [0.2, 0.25) is 0 Å². The molecule has 0 aromatic heterocycles. The molecule has 2 aliphatic heterocycles. The molecule has 0 atom stereocenters. The van der Waals surface area contributed by atoms with Crippen molar-refractivity contribution in [1.29, 1.82) is 0 Å². The molecule has 0 radical (unpaired) electrons. The first kappa shape index (κ1) is 15.8. The molecule has 0 aromatic carbocycles. The van der Waals surface area contributed by atoms with Crippen LogP contribution in [-0.2, 0) is 0 Å². The largest absolute Gasteiger partial charge is 0.300 e. The number of likely N-dealkylation sites (tertiary alicyclic amines) is 1. The standard InChI is InChI=1S/C18H35N3/c1-15(2)11-18(5-6-18)14-19-7-9-20(10-8-19)17-12-21(13-17)16(3)4/h15-17H,5-14H2,1-4H3. The molecule has 122 valence electrons. The Hall–Kier alpha value is -0.120. The molecule has 0 amide bonds. The number of nitrogens with zero attached hydrogens (tertiary/aromatic N) is 3. The summed E-state index contributed by atoms with van der Waals surface area (Å²) in [6.45, 7) is 18.6. The van der Waals surface area contributed by atoms with Crippen molar-refractivity contribution < 1.29 is 0 Å². The fourth-order valence-corrected chi connectivity index (χ4v) is 4.37. The van der Waals surface area contributed by atoms with E-state index in [1.54, 1.807) is 0 Å². The van der Waals surface area contributed by atoms with Crippen LogP contribution in [0.5, 0.6) is 0 Å². The molecule has 1 saturated carbocycles. The SMILES string of the molecule is CC(C)CC1(CN2CCN(C3CN(C(C)C)C3)CC2)CC1. The van der Waals surface area contributed by atoms with Crippen LogP contribution in [0.4, 0.5) is 0 Å². The molecule has 0 unspecified atom stereocenters. The van der Waals surface area contributed by atoms with Crippen LogP contribution in [0.15, 0.2) is 0 Å². The third kappa shape index (κ3) is 3.80. The van der Waals surface area contributed by atoms with Gasteiger partial charge in [0.1, 0.15) is 0 Å². The van der Waals surface area contributed by atoms with Crippen molar-refractivity contribution in [2.24, 2.45) is 11.3 Å². The fraction of sp³-hybridized carbons (Fsp3) is 1.00. The molecule has 3 fully saturated rings. The van der Waals surface area contributed by atoms with Crippen molar-refractivity contribution in [2.75, 3.05) is 45.8 Å². The summed E-state index contributed by atoms with van der Waals surface area (Å²) in [4.78, 5) is 8.10. The van der Waals surface area contributed by atoms with Crippen LogP contribution < -0.4 is 0 Å². The van der Waals surface area contributed by atoms with Crippen LogP contribution >= 0.6 is 0 Å². The van der Waals surface area contributed by atoms with Crippen molar-refractivity contribution in [3.8, 4) is 0 Å². The normalized spacial score (nSPS) is 28.3.